The van der Waals surface area contributed by atoms with Crippen LogP contribution in [0.15, 0.2) is 24.3 Å². The van der Waals surface area contributed by atoms with Gasteiger partial charge in [-0.1, -0.05) is 12.1 Å². The van der Waals surface area contributed by atoms with Crippen LogP contribution in [0.3, 0.4) is 0 Å². The molecule has 1 aromatic heterocycles. The van der Waals surface area contributed by atoms with Crippen molar-refractivity contribution in [2.45, 2.75) is 6.92 Å². The van der Waals surface area contributed by atoms with Gasteiger partial charge in [-0.25, -0.2) is 0 Å². The van der Waals surface area contributed by atoms with E-state index in [1.165, 1.54) is 9.13 Å². The summed E-state index contributed by atoms with van der Waals surface area (Å²) in [5, 5.41) is 6.83. The molecule has 0 saturated carbocycles. The van der Waals surface area contributed by atoms with E-state index in [0.29, 0.717) is 5.82 Å². The highest BCUT2D eigenvalue weighted by Gasteiger charge is 2.06. The SMILES string of the molecule is Cc1c(I)cccc1-c1cc(N)n[nH]1. The van der Waals surface area contributed by atoms with Crippen molar-refractivity contribution in [2.75, 3.05) is 5.73 Å². The van der Waals surface area contributed by atoms with E-state index in [-0.39, 0.29) is 0 Å². The minimum atomic E-state index is 0.526. The molecule has 0 saturated heterocycles. The standard InChI is InChI=1S/C10H10IN3/c1-6-7(3-2-4-8(6)11)9-5-10(12)14-13-9/h2-5H,1H3,(H3,12,13,14). The maximum absolute atomic E-state index is 5.56. The van der Waals surface area contributed by atoms with Crippen molar-refractivity contribution in [3.63, 3.8) is 0 Å². The molecule has 0 atom stereocenters. The molecule has 0 fully saturated rings. The number of nitrogens with one attached hydrogen (secondary N) is 1. The number of halogens is 1. The third-order valence-electron chi connectivity index (χ3n) is 2.16. The molecule has 1 aromatic carbocycles. The summed E-state index contributed by atoms with van der Waals surface area (Å²) >= 11 is 2.32. The molecule has 0 radical (unpaired) electrons. The summed E-state index contributed by atoms with van der Waals surface area (Å²) in [6, 6.07) is 8.02. The quantitative estimate of drug-likeness (QED) is 0.795. The van der Waals surface area contributed by atoms with Crippen LogP contribution in [0.2, 0.25) is 0 Å². The zero-order valence-electron chi connectivity index (χ0n) is 7.71. The Morgan fingerprint density at radius 1 is 1.43 bits per heavy atom. The fraction of sp³-hybridized carbons (Fsp3) is 0.100. The van der Waals surface area contributed by atoms with Crippen molar-refractivity contribution in [1.82, 2.24) is 10.2 Å². The van der Waals surface area contributed by atoms with Crippen LogP contribution < -0.4 is 5.73 Å². The first kappa shape index (κ1) is 9.51. The molecule has 2 aromatic rings. The summed E-state index contributed by atoms with van der Waals surface area (Å²) in [7, 11) is 0. The Labute approximate surface area is 95.9 Å². The molecule has 0 spiro atoms. The highest BCUT2D eigenvalue weighted by molar-refractivity contribution is 14.1. The Morgan fingerprint density at radius 2 is 2.21 bits per heavy atom. The Morgan fingerprint density at radius 3 is 2.86 bits per heavy atom. The molecule has 4 heteroatoms. The van der Waals surface area contributed by atoms with Crippen LogP contribution in [0.4, 0.5) is 5.82 Å². The normalized spacial score (nSPS) is 10.4. The number of rotatable bonds is 1. The van der Waals surface area contributed by atoms with E-state index < -0.39 is 0 Å². The molecule has 2 rings (SSSR count). The number of aromatic amines is 1. The summed E-state index contributed by atoms with van der Waals surface area (Å²) < 4.78 is 1.24. The van der Waals surface area contributed by atoms with Crippen molar-refractivity contribution >= 4 is 28.4 Å². The van der Waals surface area contributed by atoms with Gasteiger partial charge >= 0.3 is 0 Å². The third-order valence-corrected chi connectivity index (χ3v) is 3.32. The number of H-pyrrole nitrogens is 1. The van der Waals surface area contributed by atoms with Gasteiger partial charge in [0.05, 0.1) is 5.69 Å². The minimum absolute atomic E-state index is 0.526. The fourth-order valence-electron chi connectivity index (χ4n) is 1.37. The number of benzene rings is 1. The van der Waals surface area contributed by atoms with E-state index in [9.17, 15) is 0 Å². The number of nitrogens with zero attached hydrogens (tertiary/aromatic N) is 1. The molecule has 1 heterocycles. The van der Waals surface area contributed by atoms with Gasteiger partial charge in [-0.3, -0.25) is 5.10 Å². The van der Waals surface area contributed by atoms with Gasteiger partial charge in [-0.15, -0.1) is 0 Å². The van der Waals surface area contributed by atoms with Crippen LogP contribution >= 0.6 is 22.6 Å². The minimum Gasteiger partial charge on any atom is -0.382 e. The molecule has 0 aliphatic carbocycles. The molecule has 0 bridgehead atoms. The molecule has 0 amide bonds. The number of hydrogen-bond acceptors (Lipinski definition) is 2. The second-order valence-corrected chi connectivity index (χ2v) is 4.28. The van der Waals surface area contributed by atoms with Crippen LogP contribution in [0.1, 0.15) is 5.56 Å². The maximum Gasteiger partial charge on any atom is 0.145 e. The first-order valence-corrected chi connectivity index (χ1v) is 5.32. The smallest absolute Gasteiger partial charge is 0.145 e. The third kappa shape index (κ3) is 1.61. The predicted octanol–water partition coefficient (Wildman–Crippen LogP) is 2.57. The van der Waals surface area contributed by atoms with Crippen molar-refractivity contribution in [3.05, 3.63) is 33.4 Å². The van der Waals surface area contributed by atoms with Gasteiger partial charge in [0.2, 0.25) is 0 Å². The van der Waals surface area contributed by atoms with Crippen LogP contribution in [-0.2, 0) is 0 Å². The van der Waals surface area contributed by atoms with E-state index in [1.54, 1.807) is 0 Å². The fourth-order valence-corrected chi connectivity index (χ4v) is 1.87. The number of hydrogen-bond donors (Lipinski definition) is 2. The molecule has 3 nitrogen and oxygen atoms in total. The zero-order valence-corrected chi connectivity index (χ0v) is 9.87. The molecular formula is C10H10IN3. The molecule has 14 heavy (non-hydrogen) atoms. The van der Waals surface area contributed by atoms with Gasteiger partial charge < -0.3 is 5.73 Å². The lowest BCUT2D eigenvalue weighted by atomic mass is 10.1. The van der Waals surface area contributed by atoms with Crippen molar-refractivity contribution in [1.29, 1.82) is 0 Å². The van der Waals surface area contributed by atoms with Crippen molar-refractivity contribution < 1.29 is 0 Å². The largest absolute Gasteiger partial charge is 0.382 e. The molecule has 0 aliphatic rings. The molecule has 3 N–H and O–H groups in total. The number of aromatic nitrogens is 2. The van der Waals surface area contributed by atoms with E-state index in [4.69, 9.17) is 5.73 Å². The van der Waals surface area contributed by atoms with Crippen LogP contribution in [0.25, 0.3) is 11.3 Å². The molecular weight excluding hydrogens is 289 g/mol. The van der Waals surface area contributed by atoms with E-state index in [2.05, 4.69) is 51.8 Å². The number of nitrogens with two attached hydrogens (primary N) is 1. The lowest BCUT2D eigenvalue weighted by Gasteiger charge is -2.04. The van der Waals surface area contributed by atoms with Gasteiger partial charge in [0.25, 0.3) is 0 Å². The monoisotopic (exact) mass is 299 g/mol. The van der Waals surface area contributed by atoms with Gasteiger partial charge in [0.1, 0.15) is 5.82 Å². The second-order valence-electron chi connectivity index (χ2n) is 3.12. The maximum atomic E-state index is 5.56. The second kappa shape index (κ2) is 3.61. The predicted molar refractivity (Wildman–Crippen MR) is 65.9 cm³/mol. The van der Waals surface area contributed by atoms with Gasteiger partial charge in [0, 0.05) is 15.2 Å². The zero-order chi connectivity index (χ0) is 10.1. The van der Waals surface area contributed by atoms with Crippen molar-refractivity contribution in [2.24, 2.45) is 0 Å². The van der Waals surface area contributed by atoms with Crippen LogP contribution in [0.5, 0.6) is 0 Å². The van der Waals surface area contributed by atoms with Gasteiger partial charge in [0.15, 0.2) is 0 Å². The Kier molecular flexibility index (Phi) is 2.45. The Bertz CT molecular complexity index is 462. The van der Waals surface area contributed by atoms with E-state index in [1.807, 2.05) is 12.1 Å². The topological polar surface area (TPSA) is 54.7 Å². The summed E-state index contributed by atoms with van der Waals surface area (Å²) in [4.78, 5) is 0. The summed E-state index contributed by atoms with van der Waals surface area (Å²) in [5.74, 6) is 0.526. The van der Waals surface area contributed by atoms with Crippen molar-refractivity contribution in [3.8, 4) is 11.3 Å². The van der Waals surface area contributed by atoms with Crippen LogP contribution in [0, 0.1) is 10.5 Å². The van der Waals surface area contributed by atoms with E-state index >= 15 is 0 Å². The van der Waals surface area contributed by atoms with E-state index in [0.717, 1.165) is 11.3 Å². The Hall–Kier alpha value is -1.04. The molecule has 72 valence electrons. The highest BCUT2D eigenvalue weighted by atomic mass is 127. The average Bonchev–Trinajstić information content (AvgIpc) is 2.57. The van der Waals surface area contributed by atoms with Gasteiger partial charge in [-0.2, -0.15) is 5.10 Å². The summed E-state index contributed by atoms with van der Waals surface area (Å²) in [6.45, 7) is 2.09. The summed E-state index contributed by atoms with van der Waals surface area (Å²) in [6.07, 6.45) is 0. The Balaban J connectivity index is 2.57. The lowest BCUT2D eigenvalue weighted by molar-refractivity contribution is 1.10. The highest BCUT2D eigenvalue weighted by Crippen LogP contribution is 2.25. The summed E-state index contributed by atoms with van der Waals surface area (Å²) in [5.41, 5.74) is 8.93. The number of anilines is 1. The first-order valence-electron chi connectivity index (χ1n) is 4.25. The number of nitrogen functional groups attached to an aromatic ring is 1. The van der Waals surface area contributed by atoms with Crippen LogP contribution in [-0.4, -0.2) is 10.2 Å². The molecule has 0 aliphatic heterocycles. The average molecular weight is 299 g/mol. The first-order chi connectivity index (χ1) is 6.68. The lowest BCUT2D eigenvalue weighted by Crippen LogP contribution is -1.86. The van der Waals surface area contributed by atoms with Gasteiger partial charge in [-0.05, 0) is 41.1 Å². The molecule has 0 unspecified atom stereocenters.